The minimum atomic E-state index is -6.83. The summed E-state index contributed by atoms with van der Waals surface area (Å²) in [6.45, 7) is 2.25. The molecule has 2 nitrogen and oxygen atoms in total. The van der Waals surface area contributed by atoms with Gasteiger partial charge in [-0.15, -0.1) is 0 Å². The van der Waals surface area contributed by atoms with Crippen LogP contribution in [0.1, 0.15) is 0 Å². The second-order valence-corrected chi connectivity index (χ2v) is 4.07. The number of hydrogen-bond acceptors (Lipinski definition) is 2. The Bertz CT molecular complexity index is 488. The summed E-state index contributed by atoms with van der Waals surface area (Å²) in [7, 11) is 0. The third-order valence-electron chi connectivity index (χ3n) is 2.97. The van der Waals surface area contributed by atoms with E-state index in [4.69, 9.17) is 0 Å². The molecule has 2 atom stereocenters. The van der Waals surface area contributed by atoms with Crippen molar-refractivity contribution in [3.05, 3.63) is 12.5 Å². The summed E-state index contributed by atoms with van der Waals surface area (Å²) in [6.07, 6.45) is -6.08. The quantitative estimate of drug-likeness (QED) is 0.637. The lowest BCUT2D eigenvalue weighted by Gasteiger charge is -2.43. The van der Waals surface area contributed by atoms with Crippen molar-refractivity contribution in [2.24, 2.45) is 0 Å². The van der Waals surface area contributed by atoms with Gasteiger partial charge in [0.05, 0.1) is 0 Å². The fraction of sp³-hybridized carbons (Fsp3) is 0.750. The Balaban J connectivity index is 2.86. The first kappa shape index (κ1) is 15.0. The lowest BCUT2D eigenvalue weighted by atomic mass is 9.93. The molecule has 0 aromatic rings. The molecule has 20 heavy (non-hydrogen) atoms. The molecule has 1 aliphatic carbocycles. The van der Waals surface area contributed by atoms with Crippen molar-refractivity contribution in [2.75, 3.05) is 0 Å². The van der Waals surface area contributed by atoms with Crippen molar-refractivity contribution in [1.29, 1.82) is 0 Å². The van der Waals surface area contributed by atoms with Crippen molar-refractivity contribution < 1.29 is 53.4 Å². The van der Waals surface area contributed by atoms with Gasteiger partial charge in [-0.3, -0.25) is 0 Å². The molecule has 0 spiro atoms. The summed E-state index contributed by atoms with van der Waals surface area (Å²) in [5, 5.41) is 0. The minimum absolute atomic E-state index is 2.06. The SMILES string of the molecule is C=C1OC(F)(F)C2(F)C(F)(F)C(F)(F)C(F)(F)C2(F)O1. The Kier molecular flexibility index (Phi) is 2.34. The predicted molar refractivity (Wildman–Crippen MR) is 38.8 cm³/mol. The van der Waals surface area contributed by atoms with E-state index < -0.39 is 41.3 Å². The lowest BCUT2D eigenvalue weighted by Crippen LogP contribution is -2.71. The van der Waals surface area contributed by atoms with Gasteiger partial charge in [0, 0.05) is 0 Å². The highest BCUT2D eigenvalue weighted by molar-refractivity contribution is 5.31. The van der Waals surface area contributed by atoms with E-state index in [1.807, 2.05) is 0 Å². The number of fused-ring (bicyclic) bond motifs is 1. The van der Waals surface area contributed by atoms with Crippen molar-refractivity contribution >= 4 is 0 Å². The topological polar surface area (TPSA) is 18.5 Å². The van der Waals surface area contributed by atoms with Crippen LogP contribution in [-0.2, 0) is 9.47 Å². The molecule has 2 rings (SSSR count). The van der Waals surface area contributed by atoms with Gasteiger partial charge in [0.2, 0.25) is 0 Å². The molecule has 2 aliphatic rings. The molecular weight excluding hydrogens is 318 g/mol. The van der Waals surface area contributed by atoms with Gasteiger partial charge in [-0.05, 0) is 6.58 Å². The van der Waals surface area contributed by atoms with Gasteiger partial charge in [-0.2, -0.15) is 39.5 Å². The van der Waals surface area contributed by atoms with Gasteiger partial charge in [-0.25, -0.2) is 4.39 Å². The smallest absolute Gasteiger partial charge is 0.418 e. The zero-order valence-electron chi connectivity index (χ0n) is 8.80. The van der Waals surface area contributed by atoms with Crippen molar-refractivity contribution in [3.63, 3.8) is 0 Å². The first-order valence-electron chi connectivity index (χ1n) is 4.56. The average molecular weight is 320 g/mol. The summed E-state index contributed by atoms with van der Waals surface area (Å²) in [5.74, 6) is -28.4. The molecule has 0 amide bonds. The molecule has 2 fully saturated rings. The van der Waals surface area contributed by atoms with Crippen molar-refractivity contribution in [3.8, 4) is 0 Å². The highest BCUT2D eigenvalue weighted by Crippen LogP contribution is 2.74. The predicted octanol–water partition coefficient (Wildman–Crippen LogP) is 3.39. The number of ether oxygens (including phenoxy) is 2. The third kappa shape index (κ3) is 1.04. The van der Waals surface area contributed by atoms with E-state index in [-0.39, 0.29) is 0 Å². The Morgan fingerprint density at radius 2 is 1.10 bits per heavy atom. The number of hydrogen-bond donors (Lipinski definition) is 0. The lowest BCUT2D eigenvalue weighted by molar-refractivity contribution is -0.455. The zero-order chi connectivity index (χ0) is 16.0. The fourth-order valence-electron chi connectivity index (χ4n) is 1.93. The van der Waals surface area contributed by atoms with Crippen molar-refractivity contribution in [2.45, 2.75) is 35.4 Å². The maximum Gasteiger partial charge on any atom is 0.449 e. The molecule has 1 saturated heterocycles. The van der Waals surface area contributed by atoms with E-state index in [1.165, 1.54) is 0 Å². The van der Waals surface area contributed by atoms with Crippen LogP contribution in [0.4, 0.5) is 43.9 Å². The van der Waals surface area contributed by atoms with E-state index >= 15 is 0 Å². The number of rotatable bonds is 0. The van der Waals surface area contributed by atoms with E-state index in [0.717, 1.165) is 0 Å². The van der Waals surface area contributed by atoms with E-state index in [2.05, 4.69) is 16.1 Å². The van der Waals surface area contributed by atoms with Crippen LogP contribution in [-0.4, -0.2) is 35.4 Å². The first-order valence-corrected chi connectivity index (χ1v) is 4.56. The molecule has 0 N–H and O–H groups in total. The van der Waals surface area contributed by atoms with Gasteiger partial charge in [0.15, 0.2) is 0 Å². The molecule has 0 aromatic carbocycles. The van der Waals surface area contributed by atoms with Crippen LogP contribution in [0.25, 0.3) is 0 Å². The summed E-state index contributed by atoms with van der Waals surface area (Å²) >= 11 is 0. The van der Waals surface area contributed by atoms with Gasteiger partial charge in [0.1, 0.15) is 0 Å². The summed E-state index contributed by atoms with van der Waals surface area (Å²) in [6, 6.07) is 0. The van der Waals surface area contributed by atoms with Crippen LogP contribution < -0.4 is 0 Å². The first-order chi connectivity index (χ1) is 8.60. The number of alkyl halides is 10. The third-order valence-corrected chi connectivity index (χ3v) is 2.97. The molecule has 2 unspecified atom stereocenters. The van der Waals surface area contributed by atoms with Gasteiger partial charge >= 0.3 is 35.4 Å². The maximum absolute atomic E-state index is 13.7. The van der Waals surface area contributed by atoms with Gasteiger partial charge in [0.25, 0.3) is 5.95 Å². The molecule has 116 valence electrons. The normalized spacial score (nSPS) is 43.4. The minimum Gasteiger partial charge on any atom is -0.418 e. The summed E-state index contributed by atoms with van der Waals surface area (Å²) in [5.41, 5.74) is -6.47. The monoisotopic (exact) mass is 320 g/mol. The molecular formula is C8H2F10O2. The van der Waals surface area contributed by atoms with Crippen LogP contribution in [0.15, 0.2) is 12.5 Å². The standard InChI is InChI=1S/C8H2F10O2/c1-2-19-7(16)3(9,8(17,18)20-2)4(10,11)5(12,13)6(7,14)15/h1H2. The van der Waals surface area contributed by atoms with E-state index in [0.29, 0.717) is 0 Å². The highest BCUT2D eigenvalue weighted by atomic mass is 19.4. The second kappa shape index (κ2) is 3.11. The zero-order valence-corrected chi connectivity index (χ0v) is 8.80. The fourth-order valence-corrected chi connectivity index (χ4v) is 1.93. The summed E-state index contributed by atoms with van der Waals surface area (Å²) < 4.78 is 138. The van der Waals surface area contributed by atoms with Crippen LogP contribution >= 0.6 is 0 Å². The van der Waals surface area contributed by atoms with Crippen molar-refractivity contribution in [1.82, 2.24) is 0 Å². The largest absolute Gasteiger partial charge is 0.449 e. The highest BCUT2D eigenvalue weighted by Gasteiger charge is 3.08. The molecule has 1 heterocycles. The summed E-state index contributed by atoms with van der Waals surface area (Å²) in [4.78, 5) is 0. The molecule has 0 aromatic heterocycles. The van der Waals surface area contributed by atoms with Crippen LogP contribution in [0.5, 0.6) is 0 Å². The Morgan fingerprint density at radius 3 is 1.55 bits per heavy atom. The molecule has 0 radical (unpaired) electrons. The molecule has 1 aliphatic heterocycles. The Morgan fingerprint density at radius 1 is 0.650 bits per heavy atom. The van der Waals surface area contributed by atoms with Gasteiger partial charge < -0.3 is 9.47 Å². The Hall–Kier alpha value is -1.36. The van der Waals surface area contributed by atoms with E-state index in [1.54, 1.807) is 0 Å². The molecule has 1 saturated carbocycles. The van der Waals surface area contributed by atoms with Crippen LogP contribution in [0, 0.1) is 0 Å². The molecule has 12 heteroatoms. The van der Waals surface area contributed by atoms with E-state index in [9.17, 15) is 43.9 Å². The number of halogens is 10. The second-order valence-electron chi connectivity index (χ2n) is 4.07. The van der Waals surface area contributed by atoms with Crippen LogP contribution in [0.2, 0.25) is 0 Å². The maximum atomic E-state index is 13.7. The van der Waals surface area contributed by atoms with Crippen LogP contribution in [0.3, 0.4) is 0 Å². The Labute approximate surface area is 102 Å². The van der Waals surface area contributed by atoms with Gasteiger partial charge in [-0.1, -0.05) is 0 Å². The average Bonchev–Trinajstić information content (AvgIpc) is 2.27. The molecule has 0 bridgehead atoms.